The highest BCUT2D eigenvalue weighted by atomic mass is 35.5. The molecule has 2 N–H and O–H groups in total. The van der Waals surface area contributed by atoms with Gasteiger partial charge < -0.3 is 5.73 Å². The molecule has 0 aliphatic heterocycles. The Kier molecular flexibility index (Phi) is 3.32. The predicted octanol–water partition coefficient (Wildman–Crippen LogP) is 3.84. The lowest BCUT2D eigenvalue weighted by molar-refractivity contribution is 0.277. The molecule has 1 saturated carbocycles. The monoisotopic (exact) mass is 223 g/mol. The number of halogens is 1. The maximum atomic E-state index is 6.22. The number of hydrogen-bond donors (Lipinski definition) is 1. The maximum Gasteiger partial charge on any atom is 0.0409 e. The first kappa shape index (κ1) is 11.0. The zero-order valence-electron chi connectivity index (χ0n) is 9.17. The van der Waals surface area contributed by atoms with Crippen molar-refractivity contribution in [1.82, 2.24) is 0 Å². The molecule has 82 valence electrons. The quantitative estimate of drug-likeness (QED) is 0.828. The van der Waals surface area contributed by atoms with E-state index >= 15 is 0 Å². The summed E-state index contributed by atoms with van der Waals surface area (Å²) in [6, 6.07) is 6.16. The van der Waals surface area contributed by atoms with Gasteiger partial charge in [-0.15, -0.1) is 0 Å². The lowest BCUT2D eigenvalue weighted by atomic mass is 9.79. The zero-order valence-corrected chi connectivity index (χ0v) is 9.93. The van der Waals surface area contributed by atoms with E-state index in [0.29, 0.717) is 0 Å². The van der Waals surface area contributed by atoms with Gasteiger partial charge in [-0.25, -0.2) is 0 Å². The Morgan fingerprint density at radius 3 is 2.80 bits per heavy atom. The molecule has 0 aromatic heterocycles. The van der Waals surface area contributed by atoms with Crippen molar-refractivity contribution in [2.24, 2.45) is 11.7 Å². The van der Waals surface area contributed by atoms with Gasteiger partial charge in [0.25, 0.3) is 0 Å². The summed E-state index contributed by atoms with van der Waals surface area (Å²) >= 11 is 5.99. The third-order valence-electron chi connectivity index (χ3n) is 3.45. The van der Waals surface area contributed by atoms with Gasteiger partial charge in [0, 0.05) is 11.1 Å². The van der Waals surface area contributed by atoms with Crippen LogP contribution < -0.4 is 5.73 Å². The van der Waals surface area contributed by atoms with E-state index in [1.54, 1.807) is 0 Å². The van der Waals surface area contributed by atoms with Crippen molar-refractivity contribution in [3.05, 3.63) is 34.3 Å². The van der Waals surface area contributed by atoms with Gasteiger partial charge in [-0.1, -0.05) is 36.9 Å². The van der Waals surface area contributed by atoms with Crippen LogP contribution in [0, 0.1) is 12.8 Å². The van der Waals surface area contributed by atoms with Crippen LogP contribution in [0.15, 0.2) is 18.2 Å². The fourth-order valence-electron chi connectivity index (χ4n) is 2.23. The minimum Gasteiger partial charge on any atom is -0.324 e. The standard InChI is InChI=1S/C13H18ClN/c1-9-5-6-11(14)8-12(9)13(15)7-10-3-2-4-10/h5-6,8,10,13H,2-4,7,15H2,1H3. The third kappa shape index (κ3) is 2.53. The van der Waals surface area contributed by atoms with Crippen LogP contribution in [0.4, 0.5) is 0 Å². The van der Waals surface area contributed by atoms with Gasteiger partial charge in [0.15, 0.2) is 0 Å². The van der Waals surface area contributed by atoms with Crippen LogP contribution in [-0.4, -0.2) is 0 Å². The summed E-state index contributed by atoms with van der Waals surface area (Å²) in [5, 5.41) is 0.791. The molecule has 1 aliphatic rings. The summed E-state index contributed by atoms with van der Waals surface area (Å²) in [6.07, 6.45) is 5.20. The summed E-state index contributed by atoms with van der Waals surface area (Å²) in [6.45, 7) is 2.10. The molecule has 0 heterocycles. The van der Waals surface area contributed by atoms with Gasteiger partial charge in [-0.3, -0.25) is 0 Å². The van der Waals surface area contributed by atoms with Gasteiger partial charge in [-0.05, 0) is 42.5 Å². The van der Waals surface area contributed by atoms with Gasteiger partial charge in [-0.2, -0.15) is 0 Å². The normalized spacial score (nSPS) is 18.6. The first-order valence-electron chi connectivity index (χ1n) is 5.68. The fraction of sp³-hybridized carbons (Fsp3) is 0.538. The molecule has 1 fully saturated rings. The Morgan fingerprint density at radius 1 is 1.47 bits per heavy atom. The first-order valence-corrected chi connectivity index (χ1v) is 6.06. The summed E-state index contributed by atoms with van der Waals surface area (Å²) in [7, 11) is 0. The Morgan fingerprint density at radius 2 is 2.20 bits per heavy atom. The van der Waals surface area contributed by atoms with Crippen LogP contribution in [0.25, 0.3) is 0 Å². The smallest absolute Gasteiger partial charge is 0.0409 e. The van der Waals surface area contributed by atoms with Crippen molar-refractivity contribution < 1.29 is 0 Å². The molecule has 15 heavy (non-hydrogen) atoms. The van der Waals surface area contributed by atoms with Crippen molar-refractivity contribution in [2.75, 3.05) is 0 Å². The maximum absolute atomic E-state index is 6.22. The van der Waals surface area contributed by atoms with Crippen molar-refractivity contribution in [2.45, 2.75) is 38.6 Å². The van der Waals surface area contributed by atoms with Crippen molar-refractivity contribution in [3.8, 4) is 0 Å². The van der Waals surface area contributed by atoms with Crippen molar-refractivity contribution in [1.29, 1.82) is 0 Å². The van der Waals surface area contributed by atoms with E-state index in [1.165, 1.54) is 30.4 Å². The van der Waals surface area contributed by atoms with Gasteiger partial charge in [0.1, 0.15) is 0 Å². The molecule has 1 atom stereocenters. The van der Waals surface area contributed by atoms with E-state index in [2.05, 4.69) is 13.0 Å². The molecule has 1 nitrogen and oxygen atoms in total. The molecule has 1 unspecified atom stereocenters. The molecule has 2 heteroatoms. The number of rotatable bonds is 3. The molecule has 0 saturated heterocycles. The number of hydrogen-bond acceptors (Lipinski definition) is 1. The van der Waals surface area contributed by atoms with Crippen LogP contribution in [0.1, 0.15) is 42.9 Å². The molecule has 2 rings (SSSR count). The Hall–Kier alpha value is -0.530. The molecule has 0 bridgehead atoms. The number of benzene rings is 1. The second kappa shape index (κ2) is 4.54. The molecule has 1 aromatic carbocycles. The summed E-state index contributed by atoms with van der Waals surface area (Å²) in [5.74, 6) is 0.846. The molecule has 1 aromatic rings. The van der Waals surface area contributed by atoms with E-state index in [0.717, 1.165) is 17.4 Å². The largest absolute Gasteiger partial charge is 0.324 e. The van der Waals surface area contributed by atoms with Crippen LogP contribution in [0.3, 0.4) is 0 Å². The fourth-order valence-corrected chi connectivity index (χ4v) is 2.41. The Balaban J connectivity index is 2.09. The highest BCUT2D eigenvalue weighted by Gasteiger charge is 2.21. The van der Waals surface area contributed by atoms with Crippen LogP contribution in [-0.2, 0) is 0 Å². The Labute approximate surface area is 96.6 Å². The van der Waals surface area contributed by atoms with Crippen molar-refractivity contribution >= 4 is 11.6 Å². The van der Waals surface area contributed by atoms with E-state index < -0.39 is 0 Å². The minimum absolute atomic E-state index is 0.161. The molecular formula is C13H18ClN. The number of nitrogens with two attached hydrogens (primary N) is 1. The topological polar surface area (TPSA) is 26.0 Å². The molecule has 0 amide bonds. The molecule has 0 spiro atoms. The molecular weight excluding hydrogens is 206 g/mol. The van der Waals surface area contributed by atoms with Crippen LogP contribution in [0.5, 0.6) is 0 Å². The average molecular weight is 224 g/mol. The lowest BCUT2D eigenvalue weighted by Crippen LogP contribution is -2.20. The minimum atomic E-state index is 0.161. The van der Waals surface area contributed by atoms with E-state index in [4.69, 9.17) is 17.3 Å². The second-order valence-corrected chi connectivity index (χ2v) is 5.08. The summed E-state index contributed by atoms with van der Waals surface area (Å²) < 4.78 is 0. The van der Waals surface area contributed by atoms with Crippen LogP contribution >= 0.6 is 11.6 Å². The number of aryl methyl sites for hydroxylation is 1. The molecule has 0 radical (unpaired) electrons. The predicted molar refractivity (Wildman–Crippen MR) is 65.1 cm³/mol. The first-order chi connectivity index (χ1) is 7.16. The Bertz CT molecular complexity index is 344. The SMILES string of the molecule is Cc1ccc(Cl)cc1C(N)CC1CCC1. The zero-order chi connectivity index (χ0) is 10.8. The van der Waals surface area contributed by atoms with E-state index in [-0.39, 0.29) is 6.04 Å². The van der Waals surface area contributed by atoms with E-state index in [1.807, 2.05) is 12.1 Å². The summed E-state index contributed by atoms with van der Waals surface area (Å²) in [5.41, 5.74) is 8.69. The third-order valence-corrected chi connectivity index (χ3v) is 3.69. The van der Waals surface area contributed by atoms with Crippen LogP contribution in [0.2, 0.25) is 5.02 Å². The van der Waals surface area contributed by atoms with E-state index in [9.17, 15) is 0 Å². The average Bonchev–Trinajstić information content (AvgIpc) is 2.15. The highest BCUT2D eigenvalue weighted by molar-refractivity contribution is 6.30. The molecule has 1 aliphatic carbocycles. The lowest BCUT2D eigenvalue weighted by Gasteiger charge is -2.28. The van der Waals surface area contributed by atoms with Gasteiger partial charge >= 0.3 is 0 Å². The van der Waals surface area contributed by atoms with Crippen molar-refractivity contribution in [3.63, 3.8) is 0 Å². The van der Waals surface area contributed by atoms with Gasteiger partial charge in [0.2, 0.25) is 0 Å². The second-order valence-electron chi connectivity index (χ2n) is 4.64. The highest BCUT2D eigenvalue weighted by Crippen LogP contribution is 2.34. The summed E-state index contributed by atoms with van der Waals surface area (Å²) in [4.78, 5) is 0. The van der Waals surface area contributed by atoms with Gasteiger partial charge in [0.05, 0.1) is 0 Å².